The Morgan fingerprint density at radius 1 is 0.931 bits per heavy atom. The lowest BCUT2D eigenvalue weighted by Gasteiger charge is -2.31. The fraction of sp³-hybridized carbons (Fsp3) is 0.0455. The Kier molecular flexibility index (Phi) is 5.13. The summed E-state index contributed by atoms with van der Waals surface area (Å²) < 4.78 is 28.0. The maximum Gasteiger partial charge on any atom is 0.270 e. The molecular weight excluding hydrogens is 408 g/mol. The Hall–Kier alpha value is -3.09. The van der Waals surface area contributed by atoms with Gasteiger partial charge in [0.1, 0.15) is 0 Å². The van der Waals surface area contributed by atoms with Gasteiger partial charge < -0.3 is 5.32 Å². The lowest BCUT2D eigenvalue weighted by atomic mass is 10.1. The minimum absolute atomic E-state index is 0.127. The maximum atomic E-state index is 13.3. The van der Waals surface area contributed by atoms with Crippen LogP contribution in [-0.4, -0.2) is 14.2 Å². The summed E-state index contributed by atoms with van der Waals surface area (Å²) in [5.74, 6) is -0.542. The number of nitrogens with zero attached hydrogens (tertiary/aromatic N) is 1. The standard InChI is InChI=1S/C22H17ClN2O3S/c23-17-9-6-10-18(13-17)24-14-21-22(26)19-11-4-5-12-20(19)25(29(21,27)28)15-16-7-2-1-3-8-16/h1-14,24H,15H2. The number of allylic oxidation sites excluding steroid dienone is 1. The average Bonchev–Trinajstić information content (AvgIpc) is 2.72. The van der Waals surface area contributed by atoms with Crippen LogP contribution in [0.5, 0.6) is 0 Å². The molecule has 0 unspecified atom stereocenters. The first-order chi connectivity index (χ1) is 14.0. The topological polar surface area (TPSA) is 66.5 Å². The van der Waals surface area contributed by atoms with Gasteiger partial charge in [-0.05, 0) is 35.9 Å². The van der Waals surface area contributed by atoms with Crippen molar-refractivity contribution in [1.82, 2.24) is 0 Å². The summed E-state index contributed by atoms with van der Waals surface area (Å²) in [6.07, 6.45) is 1.23. The van der Waals surface area contributed by atoms with Gasteiger partial charge in [0.25, 0.3) is 10.0 Å². The fourth-order valence-electron chi connectivity index (χ4n) is 3.17. The predicted molar refractivity (Wildman–Crippen MR) is 115 cm³/mol. The second-order valence-electron chi connectivity index (χ2n) is 6.51. The number of hydrogen-bond acceptors (Lipinski definition) is 4. The van der Waals surface area contributed by atoms with Crippen LogP contribution in [0, 0.1) is 0 Å². The number of halogens is 1. The second kappa shape index (κ2) is 7.73. The number of rotatable bonds is 4. The molecule has 3 aromatic carbocycles. The molecule has 0 fully saturated rings. The number of sulfonamides is 1. The predicted octanol–water partition coefficient (Wildman–Crippen LogP) is 4.83. The van der Waals surface area contributed by atoms with Crippen LogP contribution in [0.25, 0.3) is 0 Å². The molecule has 4 rings (SSSR count). The van der Waals surface area contributed by atoms with Crippen molar-refractivity contribution in [2.45, 2.75) is 6.54 Å². The SMILES string of the molecule is O=C1C(=CNc2cccc(Cl)c2)S(=O)(=O)N(Cc2ccccc2)c2ccccc21. The van der Waals surface area contributed by atoms with Gasteiger partial charge in [-0.15, -0.1) is 0 Å². The highest BCUT2D eigenvalue weighted by molar-refractivity contribution is 7.97. The molecule has 0 spiro atoms. The van der Waals surface area contributed by atoms with Gasteiger partial charge in [-0.2, -0.15) is 0 Å². The van der Waals surface area contributed by atoms with E-state index in [0.29, 0.717) is 22.0 Å². The third-order valence-corrected chi connectivity index (χ3v) is 6.57. The van der Waals surface area contributed by atoms with Crippen molar-refractivity contribution >= 4 is 38.8 Å². The van der Waals surface area contributed by atoms with Crippen LogP contribution in [-0.2, 0) is 16.6 Å². The van der Waals surface area contributed by atoms with Crippen LogP contribution in [0.15, 0.2) is 90.0 Å². The van der Waals surface area contributed by atoms with Crippen LogP contribution in [0.1, 0.15) is 15.9 Å². The number of nitrogens with one attached hydrogen (secondary N) is 1. The molecule has 7 heteroatoms. The molecular formula is C22H17ClN2O3S. The van der Waals surface area contributed by atoms with E-state index in [1.165, 1.54) is 10.5 Å². The lowest BCUT2D eigenvalue weighted by Crippen LogP contribution is -2.39. The van der Waals surface area contributed by atoms with Crippen LogP contribution in [0.4, 0.5) is 11.4 Å². The summed E-state index contributed by atoms with van der Waals surface area (Å²) in [6, 6.07) is 22.8. The third-order valence-electron chi connectivity index (χ3n) is 4.57. The van der Waals surface area contributed by atoms with E-state index in [0.717, 1.165) is 5.56 Å². The molecule has 146 valence electrons. The number of benzene rings is 3. The van der Waals surface area contributed by atoms with Crippen molar-refractivity contribution in [3.05, 3.63) is 106 Å². The zero-order valence-corrected chi connectivity index (χ0v) is 16.8. The van der Waals surface area contributed by atoms with Gasteiger partial charge in [-0.1, -0.05) is 60.1 Å². The van der Waals surface area contributed by atoms with Crippen LogP contribution < -0.4 is 9.62 Å². The van der Waals surface area contributed by atoms with Crippen molar-refractivity contribution in [2.75, 3.05) is 9.62 Å². The van der Waals surface area contributed by atoms with E-state index in [4.69, 9.17) is 11.6 Å². The molecule has 3 aromatic rings. The monoisotopic (exact) mass is 424 g/mol. The van der Waals surface area contributed by atoms with Gasteiger partial charge in [0.2, 0.25) is 5.78 Å². The van der Waals surface area contributed by atoms with Gasteiger partial charge in [0.05, 0.1) is 12.2 Å². The molecule has 0 saturated carbocycles. The first-order valence-corrected chi connectivity index (χ1v) is 10.7. The van der Waals surface area contributed by atoms with Crippen LogP contribution >= 0.6 is 11.6 Å². The van der Waals surface area contributed by atoms with Gasteiger partial charge in [0.15, 0.2) is 4.91 Å². The van der Waals surface area contributed by atoms with Gasteiger partial charge >= 0.3 is 0 Å². The highest BCUT2D eigenvalue weighted by atomic mass is 35.5. The summed E-state index contributed by atoms with van der Waals surface area (Å²) in [5.41, 5.74) is 2.13. The Morgan fingerprint density at radius 2 is 1.66 bits per heavy atom. The first kappa shape index (κ1) is 19.2. The molecule has 0 atom stereocenters. The molecule has 1 aliphatic heterocycles. The normalized spacial score (nSPS) is 16.5. The summed E-state index contributed by atoms with van der Waals surface area (Å²) in [4.78, 5) is 12.7. The third kappa shape index (κ3) is 3.77. The molecule has 1 aliphatic rings. The van der Waals surface area contributed by atoms with E-state index >= 15 is 0 Å². The molecule has 0 amide bonds. The quantitative estimate of drug-likeness (QED) is 0.609. The van der Waals surface area contributed by atoms with Crippen LogP contribution in [0.2, 0.25) is 5.02 Å². The van der Waals surface area contributed by atoms with Gasteiger partial charge in [-0.3, -0.25) is 9.10 Å². The second-order valence-corrected chi connectivity index (χ2v) is 8.77. The Morgan fingerprint density at radius 3 is 2.41 bits per heavy atom. The number of carbonyl (C=O) groups is 1. The molecule has 5 nitrogen and oxygen atoms in total. The lowest BCUT2D eigenvalue weighted by molar-refractivity contribution is 0.104. The van der Waals surface area contributed by atoms with Gasteiger partial charge in [-0.25, -0.2) is 8.42 Å². The highest BCUT2D eigenvalue weighted by Crippen LogP contribution is 2.36. The van der Waals surface area contributed by atoms with E-state index in [1.807, 2.05) is 30.3 Å². The summed E-state index contributed by atoms with van der Waals surface area (Å²) >= 11 is 5.98. The van der Waals surface area contributed by atoms with Crippen molar-refractivity contribution in [1.29, 1.82) is 0 Å². The summed E-state index contributed by atoms with van der Waals surface area (Å²) in [5, 5.41) is 3.39. The summed E-state index contributed by atoms with van der Waals surface area (Å²) in [7, 11) is -4.06. The largest absolute Gasteiger partial charge is 0.360 e. The molecule has 0 aromatic heterocycles. The van der Waals surface area contributed by atoms with E-state index in [9.17, 15) is 13.2 Å². The highest BCUT2D eigenvalue weighted by Gasteiger charge is 2.39. The molecule has 29 heavy (non-hydrogen) atoms. The minimum atomic E-state index is -4.06. The Labute approximate surface area is 174 Å². The molecule has 0 bridgehead atoms. The number of Topliss-reactive ketones (excluding diaryl/α,β-unsaturated/α-hetero) is 1. The number of hydrogen-bond donors (Lipinski definition) is 1. The summed E-state index contributed by atoms with van der Waals surface area (Å²) in [6.45, 7) is 0.127. The minimum Gasteiger partial charge on any atom is -0.360 e. The maximum absolute atomic E-state index is 13.3. The molecule has 0 radical (unpaired) electrons. The Bertz CT molecular complexity index is 1210. The molecule has 1 heterocycles. The number of fused-ring (bicyclic) bond motifs is 1. The van der Waals surface area contributed by atoms with Crippen molar-refractivity contribution in [3.63, 3.8) is 0 Å². The molecule has 1 N–H and O–H groups in total. The van der Waals surface area contributed by atoms with E-state index in [1.54, 1.807) is 48.5 Å². The molecule has 0 saturated heterocycles. The number of anilines is 2. The van der Waals surface area contributed by atoms with Crippen molar-refractivity contribution < 1.29 is 13.2 Å². The fourth-order valence-corrected chi connectivity index (χ4v) is 4.88. The number of para-hydroxylation sites is 1. The van der Waals surface area contributed by atoms with E-state index < -0.39 is 15.8 Å². The zero-order valence-electron chi connectivity index (χ0n) is 15.2. The number of carbonyl (C=O) groups excluding carboxylic acids is 1. The Balaban J connectivity index is 1.78. The van der Waals surface area contributed by atoms with E-state index in [2.05, 4.69) is 5.32 Å². The first-order valence-electron chi connectivity index (χ1n) is 8.89. The average molecular weight is 425 g/mol. The number of ketones is 1. The van der Waals surface area contributed by atoms with Crippen LogP contribution in [0.3, 0.4) is 0 Å². The zero-order chi connectivity index (χ0) is 20.4. The smallest absolute Gasteiger partial charge is 0.270 e. The molecule has 0 aliphatic carbocycles. The van der Waals surface area contributed by atoms with Crippen molar-refractivity contribution in [2.24, 2.45) is 0 Å². The van der Waals surface area contributed by atoms with Crippen molar-refractivity contribution in [3.8, 4) is 0 Å². The van der Waals surface area contributed by atoms with E-state index in [-0.39, 0.29) is 11.4 Å². The van der Waals surface area contributed by atoms with Gasteiger partial charge in [0, 0.05) is 22.5 Å².